The van der Waals surface area contributed by atoms with Crippen LogP contribution >= 0.6 is 0 Å². The van der Waals surface area contributed by atoms with E-state index in [4.69, 9.17) is 9.47 Å². The predicted molar refractivity (Wildman–Crippen MR) is 121 cm³/mol. The van der Waals surface area contributed by atoms with Crippen molar-refractivity contribution in [3.8, 4) is 5.75 Å². The number of nitrogens with zero attached hydrogens (tertiary/aromatic N) is 1. The van der Waals surface area contributed by atoms with Gasteiger partial charge in [-0.2, -0.15) is 4.31 Å². The second-order valence-electron chi connectivity index (χ2n) is 7.41. The van der Waals surface area contributed by atoms with Crippen molar-refractivity contribution in [2.45, 2.75) is 11.5 Å². The van der Waals surface area contributed by atoms with Crippen LogP contribution in [0.5, 0.6) is 5.75 Å². The van der Waals surface area contributed by atoms with Gasteiger partial charge in [-0.1, -0.05) is 30.3 Å². The summed E-state index contributed by atoms with van der Waals surface area (Å²) in [7, 11) is -3.68. The first kappa shape index (κ1) is 22.9. The molecule has 1 heterocycles. The minimum Gasteiger partial charge on any atom is -0.488 e. The molecular formula is C24H23FN2O5S. The van der Waals surface area contributed by atoms with Crippen molar-refractivity contribution < 1.29 is 27.1 Å². The van der Waals surface area contributed by atoms with Gasteiger partial charge in [-0.05, 0) is 48.0 Å². The van der Waals surface area contributed by atoms with Gasteiger partial charge in [0.05, 0.1) is 23.7 Å². The van der Waals surface area contributed by atoms with Crippen molar-refractivity contribution >= 4 is 21.6 Å². The van der Waals surface area contributed by atoms with E-state index in [0.717, 1.165) is 5.56 Å². The number of hydrogen-bond donors (Lipinski definition) is 1. The average molecular weight is 471 g/mol. The number of para-hydroxylation sites is 1. The molecule has 0 unspecified atom stereocenters. The summed E-state index contributed by atoms with van der Waals surface area (Å²) in [6.07, 6.45) is 0. The van der Waals surface area contributed by atoms with E-state index in [1.54, 1.807) is 48.5 Å². The molecule has 1 saturated heterocycles. The van der Waals surface area contributed by atoms with Gasteiger partial charge < -0.3 is 14.8 Å². The Hall–Kier alpha value is -3.27. The lowest BCUT2D eigenvalue weighted by molar-refractivity contribution is 0.0730. The van der Waals surface area contributed by atoms with Gasteiger partial charge in [-0.25, -0.2) is 12.8 Å². The maximum Gasteiger partial charge on any atom is 0.259 e. The molecule has 3 aromatic rings. The minimum absolute atomic E-state index is 0.100. The molecule has 0 spiro atoms. The quantitative estimate of drug-likeness (QED) is 0.570. The van der Waals surface area contributed by atoms with E-state index in [1.807, 2.05) is 0 Å². The van der Waals surface area contributed by atoms with Crippen LogP contribution in [0.4, 0.5) is 10.1 Å². The predicted octanol–water partition coefficient (Wildman–Crippen LogP) is 3.68. The molecule has 9 heteroatoms. The monoisotopic (exact) mass is 470 g/mol. The van der Waals surface area contributed by atoms with E-state index in [2.05, 4.69) is 5.32 Å². The highest BCUT2D eigenvalue weighted by molar-refractivity contribution is 7.89. The van der Waals surface area contributed by atoms with Crippen LogP contribution in [0.2, 0.25) is 0 Å². The lowest BCUT2D eigenvalue weighted by atomic mass is 10.1. The van der Waals surface area contributed by atoms with Gasteiger partial charge in [-0.3, -0.25) is 4.79 Å². The summed E-state index contributed by atoms with van der Waals surface area (Å²) in [5, 5.41) is 2.74. The fraction of sp³-hybridized carbons (Fsp3) is 0.208. The highest BCUT2D eigenvalue weighted by Gasteiger charge is 2.26. The third-order valence-electron chi connectivity index (χ3n) is 5.14. The molecule has 0 aromatic heterocycles. The third-order valence-corrected chi connectivity index (χ3v) is 7.03. The third kappa shape index (κ3) is 5.57. The molecule has 172 valence electrons. The number of hydrogen-bond acceptors (Lipinski definition) is 5. The Bertz CT molecular complexity index is 1230. The molecule has 1 fully saturated rings. The van der Waals surface area contributed by atoms with E-state index >= 15 is 0 Å². The Morgan fingerprint density at radius 2 is 1.73 bits per heavy atom. The van der Waals surface area contributed by atoms with Crippen LogP contribution in [-0.2, 0) is 21.4 Å². The highest BCUT2D eigenvalue weighted by Crippen LogP contribution is 2.24. The summed E-state index contributed by atoms with van der Waals surface area (Å²) in [6, 6.07) is 18.8. The van der Waals surface area contributed by atoms with E-state index in [-0.39, 0.29) is 30.4 Å². The molecule has 0 atom stereocenters. The molecule has 4 rings (SSSR count). The number of morpholine rings is 1. The van der Waals surface area contributed by atoms with Gasteiger partial charge in [0, 0.05) is 18.8 Å². The Morgan fingerprint density at radius 3 is 2.48 bits per heavy atom. The van der Waals surface area contributed by atoms with Crippen LogP contribution in [0, 0.1) is 5.82 Å². The maximum absolute atomic E-state index is 13.1. The molecule has 1 N–H and O–H groups in total. The maximum atomic E-state index is 13.1. The zero-order valence-corrected chi connectivity index (χ0v) is 18.6. The lowest BCUT2D eigenvalue weighted by Gasteiger charge is -2.26. The molecular weight excluding hydrogens is 447 g/mol. The summed E-state index contributed by atoms with van der Waals surface area (Å²) in [4.78, 5) is 13.0. The largest absolute Gasteiger partial charge is 0.488 e. The second-order valence-corrected chi connectivity index (χ2v) is 9.35. The first-order chi connectivity index (χ1) is 15.9. The van der Waals surface area contributed by atoms with Gasteiger partial charge in [0.25, 0.3) is 5.91 Å². The fourth-order valence-electron chi connectivity index (χ4n) is 3.39. The molecule has 33 heavy (non-hydrogen) atoms. The Kier molecular flexibility index (Phi) is 7.02. The Morgan fingerprint density at radius 1 is 1.00 bits per heavy atom. The van der Waals surface area contributed by atoms with Crippen LogP contribution < -0.4 is 10.1 Å². The van der Waals surface area contributed by atoms with Crippen molar-refractivity contribution in [3.63, 3.8) is 0 Å². The molecule has 1 amide bonds. The molecule has 0 aliphatic carbocycles. The van der Waals surface area contributed by atoms with Crippen LogP contribution in [0.25, 0.3) is 0 Å². The van der Waals surface area contributed by atoms with Crippen LogP contribution in [0.15, 0.2) is 77.7 Å². The van der Waals surface area contributed by atoms with Gasteiger partial charge in [0.15, 0.2) is 0 Å². The molecule has 0 bridgehead atoms. The van der Waals surface area contributed by atoms with Crippen LogP contribution in [0.3, 0.4) is 0 Å². The number of sulfonamides is 1. The number of carbonyl (C=O) groups is 1. The highest BCUT2D eigenvalue weighted by atomic mass is 32.2. The number of nitrogens with one attached hydrogen (secondary N) is 1. The number of amides is 1. The zero-order chi connectivity index (χ0) is 23.3. The first-order valence-corrected chi connectivity index (χ1v) is 11.8. The standard InChI is InChI=1S/C24H23FN2O5S/c25-19-10-8-18(9-11-19)17-32-23-7-2-1-6-22(23)24(28)26-20-4-3-5-21(16-20)33(29,30)27-12-14-31-15-13-27/h1-11,16H,12-15,17H2,(H,26,28). The second kappa shape index (κ2) is 10.1. The fourth-order valence-corrected chi connectivity index (χ4v) is 4.84. The molecule has 1 aliphatic rings. The first-order valence-electron chi connectivity index (χ1n) is 10.4. The number of halogens is 1. The molecule has 7 nitrogen and oxygen atoms in total. The van der Waals surface area contributed by atoms with Crippen LogP contribution in [0.1, 0.15) is 15.9 Å². The summed E-state index contributed by atoms with van der Waals surface area (Å²) in [5.41, 5.74) is 1.40. The summed E-state index contributed by atoms with van der Waals surface area (Å²) in [6.45, 7) is 1.45. The Balaban J connectivity index is 1.48. The van der Waals surface area contributed by atoms with Crippen molar-refractivity contribution in [1.82, 2.24) is 4.31 Å². The summed E-state index contributed by atoms with van der Waals surface area (Å²) >= 11 is 0. The topological polar surface area (TPSA) is 84.9 Å². The number of carbonyl (C=O) groups excluding carboxylic acids is 1. The van der Waals surface area contributed by atoms with E-state index in [9.17, 15) is 17.6 Å². The van der Waals surface area contributed by atoms with Crippen LogP contribution in [-0.4, -0.2) is 44.9 Å². The van der Waals surface area contributed by atoms with Crippen molar-refractivity contribution in [3.05, 3.63) is 89.7 Å². The minimum atomic E-state index is -3.68. The zero-order valence-electron chi connectivity index (χ0n) is 17.7. The summed E-state index contributed by atoms with van der Waals surface area (Å²) < 4.78 is 51.3. The van der Waals surface area contributed by atoms with E-state index < -0.39 is 15.9 Å². The average Bonchev–Trinajstić information content (AvgIpc) is 2.84. The van der Waals surface area contributed by atoms with Gasteiger partial charge in [0.1, 0.15) is 18.2 Å². The number of anilines is 1. The molecule has 0 radical (unpaired) electrons. The smallest absolute Gasteiger partial charge is 0.259 e. The number of benzene rings is 3. The Labute approximate surface area is 191 Å². The molecule has 3 aromatic carbocycles. The van der Waals surface area contributed by atoms with Crippen molar-refractivity contribution in [2.75, 3.05) is 31.6 Å². The van der Waals surface area contributed by atoms with Gasteiger partial charge in [-0.15, -0.1) is 0 Å². The van der Waals surface area contributed by atoms with Gasteiger partial charge in [0.2, 0.25) is 10.0 Å². The number of rotatable bonds is 7. The SMILES string of the molecule is O=C(Nc1cccc(S(=O)(=O)N2CCOCC2)c1)c1ccccc1OCc1ccc(F)cc1. The number of ether oxygens (including phenoxy) is 2. The van der Waals surface area contributed by atoms with Gasteiger partial charge >= 0.3 is 0 Å². The van der Waals surface area contributed by atoms with E-state index in [0.29, 0.717) is 30.2 Å². The molecule has 0 saturated carbocycles. The normalized spacial score (nSPS) is 14.6. The lowest BCUT2D eigenvalue weighted by Crippen LogP contribution is -2.40. The van der Waals surface area contributed by atoms with Crippen molar-refractivity contribution in [2.24, 2.45) is 0 Å². The molecule has 1 aliphatic heterocycles. The van der Waals surface area contributed by atoms with E-state index in [1.165, 1.54) is 28.6 Å². The van der Waals surface area contributed by atoms with Crippen molar-refractivity contribution in [1.29, 1.82) is 0 Å². The summed E-state index contributed by atoms with van der Waals surface area (Å²) in [5.74, 6) is -0.418.